The molecule has 0 atom stereocenters. The van der Waals surface area contributed by atoms with Gasteiger partial charge in [-0.3, -0.25) is 9.67 Å². The highest BCUT2D eigenvalue weighted by atomic mass is 32.1. The van der Waals surface area contributed by atoms with Crippen LogP contribution in [-0.4, -0.2) is 24.3 Å². The van der Waals surface area contributed by atoms with Crippen LogP contribution in [0.3, 0.4) is 0 Å². The Morgan fingerprint density at radius 3 is 2.79 bits per heavy atom. The van der Waals surface area contributed by atoms with Crippen molar-refractivity contribution >= 4 is 23.4 Å². The molecule has 0 bridgehead atoms. The average Bonchev–Trinajstić information content (AvgIpc) is 2.87. The lowest BCUT2D eigenvalue weighted by atomic mass is 10.2. The molecule has 3 heterocycles. The highest BCUT2D eigenvalue weighted by molar-refractivity contribution is 7.71. The maximum Gasteiger partial charge on any atom is 0.179 e. The predicted molar refractivity (Wildman–Crippen MR) is 76.6 cm³/mol. The summed E-state index contributed by atoms with van der Waals surface area (Å²) < 4.78 is 4.73. The fourth-order valence-electron chi connectivity index (χ4n) is 2.37. The molecule has 98 valence electrons. The molecule has 6 heteroatoms. The molecule has 0 aliphatic heterocycles. The minimum Gasteiger partial charge on any atom is -0.328 e. The fraction of sp³-hybridized carbons (Fsp3) is 0.308. The van der Waals surface area contributed by atoms with Crippen LogP contribution in [0.15, 0.2) is 24.5 Å². The zero-order chi connectivity index (χ0) is 13.4. The Balaban J connectivity index is 1.97. The normalized spacial score (nSPS) is 11.3. The lowest BCUT2D eigenvalue weighted by Gasteiger charge is -2.05. The Hall–Kier alpha value is -1.95. The van der Waals surface area contributed by atoms with Gasteiger partial charge < -0.3 is 9.55 Å². The zero-order valence-electron chi connectivity index (χ0n) is 10.9. The number of fused-ring (bicyclic) bond motifs is 1. The largest absolute Gasteiger partial charge is 0.328 e. The number of aromatic nitrogens is 5. The van der Waals surface area contributed by atoms with Crippen molar-refractivity contribution in [3.8, 4) is 0 Å². The maximum absolute atomic E-state index is 5.40. The van der Waals surface area contributed by atoms with Gasteiger partial charge in [0, 0.05) is 26.0 Å². The third-order valence-electron chi connectivity index (χ3n) is 3.30. The molecule has 0 aromatic carbocycles. The first-order chi connectivity index (χ1) is 9.16. The van der Waals surface area contributed by atoms with Crippen molar-refractivity contribution in [2.24, 2.45) is 7.05 Å². The van der Waals surface area contributed by atoms with E-state index in [4.69, 9.17) is 12.2 Å². The summed E-state index contributed by atoms with van der Waals surface area (Å²) in [5.74, 6) is 0. The van der Waals surface area contributed by atoms with Crippen molar-refractivity contribution in [3.63, 3.8) is 0 Å². The van der Waals surface area contributed by atoms with Crippen LogP contribution in [0.5, 0.6) is 0 Å². The van der Waals surface area contributed by atoms with Crippen molar-refractivity contribution in [2.45, 2.75) is 19.9 Å². The fourth-order valence-corrected chi connectivity index (χ4v) is 2.65. The standard InChI is InChI=1S/C13H15N5S/c1-9-11-12(17(2)16-9)18(13(19)15-11)8-5-10-3-6-14-7-4-10/h3-4,6-7H,5,8H2,1-2H3,(H,15,19). The Bertz CT molecular complexity index is 766. The minimum atomic E-state index is 0.750. The quantitative estimate of drug-likeness (QED) is 0.745. The van der Waals surface area contributed by atoms with E-state index in [0.29, 0.717) is 0 Å². The van der Waals surface area contributed by atoms with Gasteiger partial charge in [0.1, 0.15) is 5.52 Å². The zero-order valence-corrected chi connectivity index (χ0v) is 11.7. The first kappa shape index (κ1) is 12.1. The predicted octanol–water partition coefficient (Wildman–Crippen LogP) is 2.38. The molecule has 5 nitrogen and oxygen atoms in total. The first-order valence-corrected chi connectivity index (χ1v) is 6.58. The van der Waals surface area contributed by atoms with Gasteiger partial charge in [-0.15, -0.1) is 0 Å². The van der Waals surface area contributed by atoms with Crippen LogP contribution in [0, 0.1) is 11.7 Å². The Labute approximate surface area is 115 Å². The molecule has 0 fully saturated rings. The minimum absolute atomic E-state index is 0.750. The molecule has 0 spiro atoms. The van der Waals surface area contributed by atoms with Gasteiger partial charge in [-0.2, -0.15) is 5.10 Å². The second-order valence-electron chi connectivity index (χ2n) is 4.59. The van der Waals surface area contributed by atoms with E-state index in [9.17, 15) is 0 Å². The highest BCUT2D eigenvalue weighted by Crippen LogP contribution is 2.17. The average molecular weight is 273 g/mol. The molecule has 0 saturated heterocycles. The monoisotopic (exact) mass is 273 g/mol. The van der Waals surface area contributed by atoms with E-state index >= 15 is 0 Å². The van der Waals surface area contributed by atoms with Crippen molar-refractivity contribution in [2.75, 3.05) is 0 Å². The van der Waals surface area contributed by atoms with E-state index < -0.39 is 0 Å². The van der Waals surface area contributed by atoms with Crippen LogP contribution in [0.2, 0.25) is 0 Å². The second kappa shape index (κ2) is 4.62. The number of nitrogens with one attached hydrogen (secondary N) is 1. The van der Waals surface area contributed by atoms with Crippen molar-refractivity contribution in [1.82, 2.24) is 24.3 Å². The Morgan fingerprint density at radius 1 is 1.32 bits per heavy atom. The summed E-state index contributed by atoms with van der Waals surface area (Å²) in [6.45, 7) is 2.82. The molecule has 0 aliphatic rings. The molecule has 0 aliphatic carbocycles. The molecule has 0 radical (unpaired) electrons. The van der Waals surface area contributed by atoms with Crippen LogP contribution in [-0.2, 0) is 20.0 Å². The number of hydrogen-bond donors (Lipinski definition) is 1. The smallest absolute Gasteiger partial charge is 0.179 e. The van der Waals surface area contributed by atoms with E-state index in [1.165, 1.54) is 5.56 Å². The van der Waals surface area contributed by atoms with Crippen molar-refractivity contribution < 1.29 is 0 Å². The summed E-state index contributed by atoms with van der Waals surface area (Å²) in [7, 11) is 1.95. The molecule has 0 saturated carbocycles. The van der Waals surface area contributed by atoms with Crippen LogP contribution >= 0.6 is 12.2 Å². The van der Waals surface area contributed by atoms with Gasteiger partial charge in [-0.05, 0) is 43.3 Å². The molecule has 3 aromatic rings. The molecule has 3 aromatic heterocycles. The SMILES string of the molecule is Cc1nn(C)c2c1[nH]c(=S)n2CCc1ccncc1. The van der Waals surface area contributed by atoms with Crippen molar-refractivity contribution in [3.05, 3.63) is 40.6 Å². The van der Waals surface area contributed by atoms with Crippen molar-refractivity contribution in [1.29, 1.82) is 0 Å². The summed E-state index contributed by atoms with van der Waals surface area (Å²) in [5, 5.41) is 4.42. The van der Waals surface area contributed by atoms with Gasteiger partial charge >= 0.3 is 0 Å². The summed E-state index contributed by atoms with van der Waals surface area (Å²) in [4.78, 5) is 7.26. The number of pyridine rings is 1. The number of aromatic amines is 1. The second-order valence-corrected chi connectivity index (χ2v) is 4.98. The molecular formula is C13H15N5S. The summed E-state index contributed by atoms with van der Waals surface area (Å²) in [6, 6.07) is 4.06. The van der Waals surface area contributed by atoms with Gasteiger partial charge in [0.05, 0.1) is 5.69 Å². The van der Waals surface area contributed by atoms with Gasteiger partial charge in [0.2, 0.25) is 0 Å². The molecular weight excluding hydrogens is 258 g/mol. The summed E-state index contributed by atoms with van der Waals surface area (Å²) in [5.41, 5.74) is 4.31. The van der Waals surface area contributed by atoms with Crippen LogP contribution in [0.4, 0.5) is 0 Å². The number of imidazole rings is 1. The van der Waals surface area contributed by atoms with E-state index in [-0.39, 0.29) is 0 Å². The molecule has 0 amide bonds. The Morgan fingerprint density at radius 2 is 2.05 bits per heavy atom. The number of rotatable bonds is 3. The van der Waals surface area contributed by atoms with E-state index in [0.717, 1.165) is 34.6 Å². The van der Waals surface area contributed by atoms with Gasteiger partial charge in [0.15, 0.2) is 10.4 Å². The number of hydrogen-bond acceptors (Lipinski definition) is 3. The number of H-pyrrole nitrogens is 1. The van der Waals surface area contributed by atoms with E-state index in [2.05, 4.69) is 19.6 Å². The van der Waals surface area contributed by atoms with Gasteiger partial charge in [-0.25, -0.2) is 0 Å². The van der Waals surface area contributed by atoms with E-state index in [1.54, 1.807) is 0 Å². The lowest BCUT2D eigenvalue weighted by molar-refractivity contribution is 0.664. The first-order valence-electron chi connectivity index (χ1n) is 6.18. The molecule has 0 unspecified atom stereocenters. The third-order valence-corrected chi connectivity index (χ3v) is 3.62. The third kappa shape index (κ3) is 2.08. The van der Waals surface area contributed by atoms with Crippen LogP contribution in [0.1, 0.15) is 11.3 Å². The van der Waals surface area contributed by atoms with Crippen LogP contribution in [0.25, 0.3) is 11.2 Å². The maximum atomic E-state index is 5.40. The number of aryl methyl sites for hydroxylation is 4. The Kier molecular flexibility index (Phi) is 2.94. The van der Waals surface area contributed by atoms with Gasteiger partial charge in [0.25, 0.3) is 0 Å². The summed E-state index contributed by atoms with van der Waals surface area (Å²) in [6.07, 6.45) is 4.55. The highest BCUT2D eigenvalue weighted by Gasteiger charge is 2.12. The molecule has 3 rings (SSSR count). The van der Waals surface area contributed by atoms with Gasteiger partial charge in [-0.1, -0.05) is 0 Å². The molecule has 1 N–H and O–H groups in total. The van der Waals surface area contributed by atoms with E-state index in [1.807, 2.05) is 43.2 Å². The number of nitrogens with zero attached hydrogens (tertiary/aromatic N) is 4. The molecule has 19 heavy (non-hydrogen) atoms. The summed E-state index contributed by atoms with van der Waals surface area (Å²) >= 11 is 5.40. The van der Waals surface area contributed by atoms with Crippen LogP contribution < -0.4 is 0 Å². The lowest BCUT2D eigenvalue weighted by Crippen LogP contribution is -2.05. The topological polar surface area (TPSA) is 51.4 Å².